The molecule has 11 nitrogen and oxygen atoms in total. The van der Waals surface area contributed by atoms with Crippen LogP contribution in [0.1, 0.15) is 51.7 Å². The van der Waals surface area contributed by atoms with E-state index in [1.807, 2.05) is 59.7 Å². The van der Waals surface area contributed by atoms with Crippen LogP contribution in [0.15, 0.2) is 55.0 Å². The maximum absolute atomic E-state index is 9.00. The zero-order valence-electron chi connectivity index (χ0n) is 20.5. The third-order valence-corrected chi connectivity index (χ3v) is 3.84. The fourth-order valence-corrected chi connectivity index (χ4v) is 2.54. The fraction of sp³-hybridized carbons (Fsp3) is 0.391. The van der Waals surface area contributed by atoms with Crippen molar-refractivity contribution in [3.8, 4) is 0 Å². The van der Waals surface area contributed by atoms with E-state index in [9.17, 15) is 0 Å². The molecule has 196 valence electrons. The second-order valence-corrected chi connectivity index (χ2v) is 8.15. The number of aliphatic carboxylic acids is 2. The van der Waals surface area contributed by atoms with Gasteiger partial charge in [-0.3, -0.25) is 24.5 Å². The predicted molar refractivity (Wildman–Crippen MR) is 127 cm³/mol. The summed E-state index contributed by atoms with van der Waals surface area (Å²) in [7, 11) is 0. The van der Waals surface area contributed by atoms with E-state index >= 15 is 0 Å². The number of nitrogens with zero attached hydrogens (tertiary/aromatic N) is 6. The molecule has 4 N–H and O–H groups in total. The minimum atomic E-state index is -0.833. The van der Waals surface area contributed by atoms with Crippen LogP contribution in [-0.2, 0) is 51.3 Å². The first kappa shape index (κ1) is 34.0. The first-order valence-corrected chi connectivity index (χ1v) is 10.3. The summed E-state index contributed by atoms with van der Waals surface area (Å²) in [6, 6.07) is 12.0. The molecule has 0 saturated carbocycles. The van der Waals surface area contributed by atoms with Gasteiger partial charge >= 0.3 is 0 Å². The SMILES string of the molecule is CC(=O)O.CC(=O)O.CC(C)(C)n1cc(CN(Cc2ccccn2)Cc2ccccn2)nn1.O.[Ni]. The van der Waals surface area contributed by atoms with Crippen molar-refractivity contribution in [2.24, 2.45) is 0 Å². The molecular formula is C23H34N6NiO5. The molecule has 35 heavy (non-hydrogen) atoms. The van der Waals surface area contributed by atoms with Gasteiger partial charge in [-0.15, -0.1) is 5.10 Å². The van der Waals surface area contributed by atoms with E-state index in [-0.39, 0.29) is 27.5 Å². The Balaban J connectivity index is 0. The summed E-state index contributed by atoms with van der Waals surface area (Å²) >= 11 is 0. The summed E-state index contributed by atoms with van der Waals surface area (Å²) in [6.07, 6.45) is 5.66. The number of pyridine rings is 2. The van der Waals surface area contributed by atoms with Crippen molar-refractivity contribution in [2.75, 3.05) is 0 Å². The minimum absolute atomic E-state index is 0. The van der Waals surface area contributed by atoms with E-state index in [4.69, 9.17) is 19.8 Å². The standard InChI is InChI=1S/C19H24N6.2C2H4O2.Ni.H2O/c1-19(2,3)25-15-18(22-23-25)14-24(12-16-8-4-6-10-20-16)13-17-9-5-7-11-21-17;2*1-2(3)4;;/h4-11,15H,12-14H2,1-3H3;2*1H3,(H,3,4);;1H2. The van der Waals surface area contributed by atoms with Gasteiger partial charge in [0.15, 0.2) is 0 Å². The van der Waals surface area contributed by atoms with E-state index in [0.717, 1.165) is 44.0 Å². The van der Waals surface area contributed by atoms with Crippen LogP contribution in [-0.4, -0.2) is 57.5 Å². The molecule has 3 aromatic rings. The first-order chi connectivity index (χ1) is 15.5. The maximum atomic E-state index is 9.00. The van der Waals surface area contributed by atoms with Crippen molar-refractivity contribution < 1.29 is 41.8 Å². The zero-order valence-corrected chi connectivity index (χ0v) is 21.5. The van der Waals surface area contributed by atoms with Crippen LogP contribution < -0.4 is 0 Å². The molecule has 0 amide bonds. The van der Waals surface area contributed by atoms with Crippen LogP contribution in [0, 0.1) is 0 Å². The molecule has 3 rings (SSSR count). The van der Waals surface area contributed by atoms with Gasteiger partial charge in [-0.05, 0) is 45.0 Å². The van der Waals surface area contributed by atoms with E-state index in [1.54, 1.807) is 0 Å². The fourth-order valence-electron chi connectivity index (χ4n) is 2.54. The van der Waals surface area contributed by atoms with Crippen LogP contribution in [0.2, 0.25) is 0 Å². The second-order valence-electron chi connectivity index (χ2n) is 8.15. The summed E-state index contributed by atoms with van der Waals surface area (Å²) < 4.78 is 1.90. The average molecular weight is 533 g/mol. The number of carboxylic acid groups (broad SMARTS) is 2. The Kier molecular flexibility index (Phi) is 16.8. The predicted octanol–water partition coefficient (Wildman–Crippen LogP) is 2.38. The van der Waals surface area contributed by atoms with Crippen LogP contribution in [0.5, 0.6) is 0 Å². The van der Waals surface area contributed by atoms with Crippen LogP contribution in [0.4, 0.5) is 0 Å². The van der Waals surface area contributed by atoms with Gasteiger partial charge in [0.2, 0.25) is 0 Å². The molecule has 3 aromatic heterocycles. The van der Waals surface area contributed by atoms with Gasteiger partial charge in [-0.2, -0.15) is 0 Å². The Morgan fingerprint density at radius 1 is 0.857 bits per heavy atom. The molecule has 0 radical (unpaired) electrons. The molecule has 3 heterocycles. The third kappa shape index (κ3) is 16.1. The summed E-state index contributed by atoms with van der Waals surface area (Å²) in [5, 5.41) is 23.4. The van der Waals surface area contributed by atoms with Crippen molar-refractivity contribution in [1.82, 2.24) is 29.9 Å². The molecule has 0 aliphatic heterocycles. The van der Waals surface area contributed by atoms with Crippen molar-refractivity contribution in [1.29, 1.82) is 0 Å². The molecule has 0 aliphatic carbocycles. The number of aromatic nitrogens is 5. The zero-order chi connectivity index (χ0) is 24.9. The normalized spacial score (nSPS) is 9.89. The molecule has 12 heteroatoms. The largest absolute Gasteiger partial charge is 0.481 e. The Morgan fingerprint density at radius 3 is 1.57 bits per heavy atom. The number of hydrogen-bond acceptors (Lipinski definition) is 7. The minimum Gasteiger partial charge on any atom is -0.481 e. The maximum Gasteiger partial charge on any atom is 0.300 e. The average Bonchev–Trinajstić information content (AvgIpc) is 3.18. The van der Waals surface area contributed by atoms with Crippen molar-refractivity contribution in [2.45, 2.75) is 59.8 Å². The monoisotopic (exact) mass is 532 g/mol. The van der Waals surface area contributed by atoms with Crippen LogP contribution >= 0.6 is 0 Å². The van der Waals surface area contributed by atoms with Gasteiger partial charge in [0.25, 0.3) is 11.9 Å². The molecular weight excluding hydrogens is 499 g/mol. The molecule has 0 aromatic carbocycles. The summed E-state index contributed by atoms with van der Waals surface area (Å²) in [6.45, 7) is 10.7. The van der Waals surface area contributed by atoms with Gasteiger partial charge in [0.05, 0.1) is 28.8 Å². The molecule has 0 spiro atoms. The van der Waals surface area contributed by atoms with E-state index < -0.39 is 11.9 Å². The Morgan fingerprint density at radius 2 is 1.26 bits per heavy atom. The van der Waals surface area contributed by atoms with E-state index in [2.05, 4.69) is 46.0 Å². The first-order valence-electron chi connectivity index (χ1n) is 10.3. The molecule has 0 unspecified atom stereocenters. The summed E-state index contributed by atoms with van der Waals surface area (Å²) in [4.78, 5) is 29.2. The molecule has 0 bridgehead atoms. The van der Waals surface area contributed by atoms with Gasteiger partial charge in [-0.25, -0.2) is 4.68 Å². The smallest absolute Gasteiger partial charge is 0.300 e. The Bertz CT molecular complexity index is 919. The van der Waals surface area contributed by atoms with E-state index in [0.29, 0.717) is 6.54 Å². The van der Waals surface area contributed by atoms with Crippen molar-refractivity contribution in [3.05, 3.63) is 72.1 Å². The van der Waals surface area contributed by atoms with Crippen LogP contribution in [0.25, 0.3) is 0 Å². The molecule has 0 atom stereocenters. The second kappa shape index (κ2) is 17.3. The van der Waals surface area contributed by atoms with Gasteiger partial charge in [0, 0.05) is 62.4 Å². The number of carboxylic acids is 2. The van der Waals surface area contributed by atoms with E-state index in [1.165, 1.54) is 0 Å². The quantitative estimate of drug-likeness (QED) is 0.453. The van der Waals surface area contributed by atoms with Gasteiger partial charge in [-0.1, -0.05) is 17.3 Å². The molecule has 0 fully saturated rings. The third-order valence-electron chi connectivity index (χ3n) is 3.84. The Labute approximate surface area is 215 Å². The van der Waals surface area contributed by atoms with Crippen molar-refractivity contribution in [3.63, 3.8) is 0 Å². The number of hydrogen-bond donors (Lipinski definition) is 2. The van der Waals surface area contributed by atoms with Gasteiger partial charge in [0.1, 0.15) is 0 Å². The van der Waals surface area contributed by atoms with Gasteiger partial charge < -0.3 is 15.7 Å². The summed E-state index contributed by atoms with van der Waals surface area (Å²) in [5.74, 6) is -1.67. The topological polar surface area (TPSA) is 166 Å². The van der Waals surface area contributed by atoms with Crippen molar-refractivity contribution >= 4 is 11.9 Å². The van der Waals surface area contributed by atoms with Crippen LogP contribution in [0.3, 0.4) is 0 Å². The molecule has 0 aliphatic rings. The summed E-state index contributed by atoms with van der Waals surface area (Å²) in [5.41, 5.74) is 2.93. The molecule has 0 saturated heterocycles. The Hall–Kier alpha value is -3.21. The number of carbonyl (C=O) groups is 2. The number of rotatable bonds is 6.